The zero-order valence-electron chi connectivity index (χ0n) is 14.7. The maximum absolute atomic E-state index is 12.2. The highest BCUT2D eigenvalue weighted by Crippen LogP contribution is 2.11. The first-order valence-electron chi connectivity index (χ1n) is 7.97. The lowest BCUT2D eigenvalue weighted by atomic mass is 10.0. The van der Waals surface area contributed by atoms with Crippen LogP contribution in [0.5, 0.6) is 0 Å². The van der Waals surface area contributed by atoms with Gasteiger partial charge >= 0.3 is 6.09 Å². The summed E-state index contributed by atoms with van der Waals surface area (Å²) in [5, 5.41) is 13.7. The summed E-state index contributed by atoms with van der Waals surface area (Å²) in [6.45, 7) is 7.20. The molecule has 1 rings (SSSR count). The van der Waals surface area contributed by atoms with Crippen molar-refractivity contribution in [2.75, 3.05) is 6.54 Å². The first kappa shape index (κ1) is 19.5. The summed E-state index contributed by atoms with van der Waals surface area (Å²) in [7, 11) is 0. The van der Waals surface area contributed by atoms with Gasteiger partial charge in [0.1, 0.15) is 18.2 Å². The van der Waals surface area contributed by atoms with Gasteiger partial charge in [-0.1, -0.05) is 31.2 Å². The summed E-state index contributed by atoms with van der Waals surface area (Å²) < 4.78 is 5.21. The fraction of sp³-hybridized carbons (Fsp3) is 0.500. The third kappa shape index (κ3) is 7.14. The lowest BCUT2D eigenvalue weighted by molar-refractivity contribution is -0.122. The van der Waals surface area contributed by atoms with Crippen molar-refractivity contribution in [3.8, 4) is 6.07 Å². The monoisotopic (exact) mass is 331 g/mol. The molecule has 0 saturated carbocycles. The molecule has 0 aromatic heterocycles. The number of ether oxygens (including phenoxy) is 1. The smallest absolute Gasteiger partial charge is 0.408 e. The summed E-state index contributed by atoms with van der Waals surface area (Å²) >= 11 is 0. The van der Waals surface area contributed by atoms with Crippen LogP contribution in [-0.4, -0.2) is 30.2 Å². The average molecular weight is 331 g/mol. The van der Waals surface area contributed by atoms with Crippen molar-refractivity contribution in [2.24, 2.45) is 0 Å². The van der Waals surface area contributed by atoms with Crippen LogP contribution < -0.4 is 10.6 Å². The van der Waals surface area contributed by atoms with Crippen molar-refractivity contribution in [1.29, 1.82) is 5.26 Å². The molecular weight excluding hydrogens is 306 g/mol. The number of hydrogen-bond donors (Lipinski definition) is 2. The molecule has 0 fully saturated rings. The zero-order chi connectivity index (χ0) is 18.2. The van der Waals surface area contributed by atoms with E-state index in [2.05, 4.69) is 17.6 Å². The first-order chi connectivity index (χ1) is 11.2. The second-order valence-corrected chi connectivity index (χ2v) is 6.45. The van der Waals surface area contributed by atoms with E-state index in [0.717, 1.165) is 17.5 Å². The molecule has 130 valence electrons. The van der Waals surface area contributed by atoms with Crippen LogP contribution >= 0.6 is 0 Å². The largest absolute Gasteiger partial charge is 0.444 e. The fourth-order valence-corrected chi connectivity index (χ4v) is 2.12. The minimum atomic E-state index is -0.805. The molecule has 0 radical (unpaired) electrons. The van der Waals surface area contributed by atoms with Gasteiger partial charge in [0, 0.05) is 6.42 Å². The van der Waals surface area contributed by atoms with E-state index < -0.39 is 23.6 Å². The van der Waals surface area contributed by atoms with E-state index in [-0.39, 0.29) is 6.54 Å². The van der Waals surface area contributed by atoms with Crippen LogP contribution in [0.3, 0.4) is 0 Å². The molecule has 24 heavy (non-hydrogen) atoms. The summed E-state index contributed by atoms with van der Waals surface area (Å²) in [6.07, 6.45) is 0.550. The first-order valence-corrected chi connectivity index (χ1v) is 7.97. The highest BCUT2D eigenvalue weighted by atomic mass is 16.6. The number of nitrogens with one attached hydrogen (secondary N) is 2. The summed E-state index contributed by atoms with van der Waals surface area (Å²) in [5.41, 5.74) is 1.43. The maximum atomic E-state index is 12.2. The third-order valence-electron chi connectivity index (χ3n) is 3.19. The maximum Gasteiger partial charge on any atom is 0.408 e. The van der Waals surface area contributed by atoms with Crippen LogP contribution in [0.1, 0.15) is 38.8 Å². The second-order valence-electron chi connectivity index (χ2n) is 6.45. The summed E-state index contributed by atoms with van der Waals surface area (Å²) in [4.78, 5) is 24.2. The van der Waals surface area contributed by atoms with E-state index in [4.69, 9.17) is 10.00 Å². The van der Waals surface area contributed by atoms with Crippen molar-refractivity contribution in [3.05, 3.63) is 35.4 Å². The van der Waals surface area contributed by atoms with Crippen molar-refractivity contribution in [3.63, 3.8) is 0 Å². The lowest BCUT2D eigenvalue weighted by Crippen LogP contribution is -2.49. The molecule has 6 heteroatoms. The van der Waals surface area contributed by atoms with Crippen LogP contribution in [-0.2, 0) is 22.4 Å². The van der Waals surface area contributed by atoms with Gasteiger partial charge in [-0.2, -0.15) is 5.26 Å². The van der Waals surface area contributed by atoms with Crippen LogP contribution in [0.4, 0.5) is 4.79 Å². The molecule has 0 heterocycles. The standard InChI is InChI=1S/C18H25N3O3/c1-5-13-7-6-8-14(11-13)12-15(16(22)20-10-9-19)21-17(23)24-18(2,3)4/h6-8,11,15H,5,10,12H2,1-4H3,(H,20,22)(H,21,23). The van der Waals surface area contributed by atoms with Crippen LogP contribution in [0.15, 0.2) is 24.3 Å². The second kappa shape index (κ2) is 8.92. The number of hydrogen-bond acceptors (Lipinski definition) is 4. The number of carbonyl (C=O) groups excluding carboxylic acids is 2. The van der Waals surface area contributed by atoms with Crippen molar-refractivity contribution in [1.82, 2.24) is 10.6 Å². The Morgan fingerprint density at radius 1 is 1.29 bits per heavy atom. The zero-order valence-corrected chi connectivity index (χ0v) is 14.7. The number of nitriles is 1. The molecule has 6 nitrogen and oxygen atoms in total. The van der Waals surface area contributed by atoms with Crippen molar-refractivity contribution in [2.45, 2.75) is 52.2 Å². The molecule has 0 aliphatic carbocycles. The van der Waals surface area contributed by atoms with Crippen LogP contribution in [0.25, 0.3) is 0 Å². The van der Waals surface area contributed by atoms with Gasteiger partial charge < -0.3 is 15.4 Å². The molecule has 0 saturated heterocycles. The van der Waals surface area contributed by atoms with Gasteiger partial charge in [-0.3, -0.25) is 4.79 Å². The Morgan fingerprint density at radius 2 is 1.96 bits per heavy atom. The quantitative estimate of drug-likeness (QED) is 0.783. The molecule has 0 bridgehead atoms. The Labute approximate surface area is 143 Å². The minimum Gasteiger partial charge on any atom is -0.444 e. The van der Waals surface area contributed by atoms with Gasteiger partial charge in [0.2, 0.25) is 5.91 Å². The molecule has 2 N–H and O–H groups in total. The minimum absolute atomic E-state index is 0.111. The number of nitrogens with zero attached hydrogens (tertiary/aromatic N) is 1. The Kier molecular flexibility index (Phi) is 7.25. The Bertz CT molecular complexity index is 615. The molecule has 2 amide bonds. The lowest BCUT2D eigenvalue weighted by Gasteiger charge is -2.23. The summed E-state index contributed by atoms with van der Waals surface area (Å²) in [6, 6.07) is 8.88. The highest BCUT2D eigenvalue weighted by Gasteiger charge is 2.24. The van der Waals surface area contributed by atoms with Crippen molar-refractivity contribution < 1.29 is 14.3 Å². The fourth-order valence-electron chi connectivity index (χ4n) is 2.12. The number of aryl methyl sites for hydroxylation is 1. The molecule has 1 aromatic carbocycles. The van der Waals surface area contributed by atoms with Crippen molar-refractivity contribution >= 4 is 12.0 Å². The number of carbonyl (C=O) groups is 2. The van der Waals surface area contributed by atoms with Gasteiger partial charge in [0.25, 0.3) is 0 Å². The van der Waals surface area contributed by atoms with Crippen LogP contribution in [0.2, 0.25) is 0 Å². The van der Waals surface area contributed by atoms with E-state index in [1.54, 1.807) is 20.8 Å². The van der Waals surface area contributed by atoms with Gasteiger partial charge in [-0.15, -0.1) is 0 Å². The molecule has 1 unspecified atom stereocenters. The van der Waals surface area contributed by atoms with Gasteiger partial charge in [0.05, 0.1) is 6.07 Å². The number of amides is 2. The van der Waals surface area contributed by atoms with E-state index in [0.29, 0.717) is 6.42 Å². The Balaban J connectivity index is 2.86. The van der Waals surface area contributed by atoms with Gasteiger partial charge in [0.15, 0.2) is 0 Å². The van der Waals surface area contributed by atoms with Crippen LogP contribution in [0, 0.1) is 11.3 Å². The average Bonchev–Trinajstić information content (AvgIpc) is 2.50. The van der Waals surface area contributed by atoms with E-state index >= 15 is 0 Å². The van der Waals surface area contributed by atoms with Gasteiger partial charge in [-0.05, 0) is 38.3 Å². The molecule has 1 atom stereocenters. The topological polar surface area (TPSA) is 91.2 Å². The van der Waals surface area contributed by atoms with E-state index in [9.17, 15) is 9.59 Å². The normalized spacial score (nSPS) is 12.0. The molecule has 1 aromatic rings. The molecule has 0 aliphatic rings. The Hall–Kier alpha value is -2.55. The highest BCUT2D eigenvalue weighted by molar-refractivity contribution is 5.86. The Morgan fingerprint density at radius 3 is 2.54 bits per heavy atom. The molecule has 0 spiro atoms. The predicted molar refractivity (Wildman–Crippen MR) is 91.3 cm³/mol. The SMILES string of the molecule is CCc1cccc(CC(NC(=O)OC(C)(C)C)C(=O)NCC#N)c1. The summed E-state index contributed by atoms with van der Waals surface area (Å²) in [5.74, 6) is -0.413. The third-order valence-corrected chi connectivity index (χ3v) is 3.19. The molecule has 0 aliphatic heterocycles. The molecular formula is C18H25N3O3. The number of benzene rings is 1. The van der Waals surface area contributed by atoms with E-state index in [1.807, 2.05) is 30.3 Å². The predicted octanol–water partition coefficient (Wildman–Crippen LogP) is 2.32. The number of alkyl carbamates (subject to hydrolysis) is 1. The van der Waals surface area contributed by atoms with E-state index in [1.165, 1.54) is 0 Å². The van der Waals surface area contributed by atoms with Gasteiger partial charge in [-0.25, -0.2) is 4.79 Å². The number of rotatable bonds is 6.